The molecule has 0 spiro atoms. The standard InChI is InChI=1S/C69H47NO2S/c1-3-18-59(70-60(58-41-43-19-4-5-21-45(43)46-22-6-9-25-49(46)58)40-42(2)39-44-20-14-33-62-66(44)55-26-10-12-32-61(55)71-62)51-38-37-50(47-23-7-8-24-48(47)51)52-28-16-34-63-67(52)57-31-15-30-54(69(57)72-63)53-29-17-36-65-68(53)56-27-11-13-35-64(56)73-65/h4-39,41H,3,40H2,1-2H3/b42-39-,59-18+,70-60?. The second-order valence-electron chi connectivity index (χ2n) is 19.2. The highest BCUT2D eigenvalue weighted by Gasteiger charge is 2.22. The van der Waals surface area contributed by atoms with Crippen LogP contribution in [0.4, 0.5) is 0 Å². The van der Waals surface area contributed by atoms with Crippen LogP contribution in [0.25, 0.3) is 130 Å². The van der Waals surface area contributed by atoms with E-state index in [4.69, 9.17) is 13.8 Å². The molecule has 11 aromatic carbocycles. The van der Waals surface area contributed by atoms with Crippen molar-refractivity contribution in [1.82, 2.24) is 0 Å². The normalized spacial score (nSPS) is 12.9. The molecule has 0 atom stereocenters. The van der Waals surface area contributed by atoms with Gasteiger partial charge in [-0.1, -0.05) is 201 Å². The lowest BCUT2D eigenvalue weighted by molar-refractivity contribution is 0.669. The predicted molar refractivity (Wildman–Crippen MR) is 313 cm³/mol. The predicted octanol–water partition coefficient (Wildman–Crippen LogP) is 20.4. The monoisotopic (exact) mass is 953 g/mol. The zero-order chi connectivity index (χ0) is 48.6. The number of benzene rings is 11. The summed E-state index contributed by atoms with van der Waals surface area (Å²) in [7, 11) is 0. The summed E-state index contributed by atoms with van der Waals surface area (Å²) >= 11 is 1.85. The molecule has 0 aliphatic heterocycles. The lowest BCUT2D eigenvalue weighted by Gasteiger charge is -2.17. The molecule has 0 unspecified atom stereocenters. The number of hydrogen-bond acceptors (Lipinski definition) is 4. The van der Waals surface area contributed by atoms with Gasteiger partial charge >= 0.3 is 0 Å². The average Bonchev–Trinajstić information content (AvgIpc) is 4.15. The molecule has 0 bridgehead atoms. The molecule has 4 heteroatoms. The van der Waals surface area contributed by atoms with E-state index in [9.17, 15) is 0 Å². The second-order valence-corrected chi connectivity index (χ2v) is 20.3. The summed E-state index contributed by atoms with van der Waals surface area (Å²) in [6, 6.07) is 76.5. The summed E-state index contributed by atoms with van der Waals surface area (Å²) in [5.41, 5.74) is 14.7. The number of aliphatic imine (C=N–C) groups is 1. The molecule has 14 aromatic rings. The van der Waals surface area contributed by atoms with Gasteiger partial charge in [0.1, 0.15) is 22.3 Å². The topological polar surface area (TPSA) is 38.6 Å². The molecule has 3 aromatic heterocycles. The Labute approximate surface area is 426 Å². The van der Waals surface area contributed by atoms with Crippen molar-refractivity contribution in [2.24, 2.45) is 4.99 Å². The van der Waals surface area contributed by atoms with Gasteiger partial charge in [0, 0.05) is 64.8 Å². The number of para-hydroxylation sites is 2. The first-order valence-electron chi connectivity index (χ1n) is 25.2. The van der Waals surface area contributed by atoms with E-state index in [-0.39, 0.29) is 0 Å². The van der Waals surface area contributed by atoms with Crippen LogP contribution in [0.1, 0.15) is 43.4 Å². The quantitative estimate of drug-likeness (QED) is 0.107. The molecule has 346 valence electrons. The number of nitrogens with zero attached hydrogens (tertiary/aromatic N) is 1. The molecular formula is C69H47NO2S. The molecule has 73 heavy (non-hydrogen) atoms. The first-order valence-corrected chi connectivity index (χ1v) is 26.0. The lowest BCUT2D eigenvalue weighted by atomic mass is 9.90. The third-order valence-corrected chi connectivity index (χ3v) is 15.9. The molecule has 0 radical (unpaired) electrons. The highest BCUT2D eigenvalue weighted by atomic mass is 32.1. The summed E-state index contributed by atoms with van der Waals surface area (Å²) in [6.07, 6.45) is 6.08. The van der Waals surface area contributed by atoms with Crippen molar-refractivity contribution in [3.63, 3.8) is 0 Å². The third-order valence-electron chi connectivity index (χ3n) is 14.7. The van der Waals surface area contributed by atoms with Gasteiger partial charge in [0.25, 0.3) is 0 Å². The van der Waals surface area contributed by atoms with Crippen LogP contribution in [0.15, 0.2) is 238 Å². The van der Waals surface area contributed by atoms with Crippen LogP contribution in [0.2, 0.25) is 0 Å². The molecule has 0 aliphatic rings. The molecule has 14 rings (SSSR count). The van der Waals surface area contributed by atoms with Crippen molar-refractivity contribution < 1.29 is 8.83 Å². The summed E-state index contributed by atoms with van der Waals surface area (Å²) < 4.78 is 15.9. The third kappa shape index (κ3) is 7.12. The van der Waals surface area contributed by atoms with E-state index in [1.165, 1.54) is 58.2 Å². The van der Waals surface area contributed by atoms with Crippen LogP contribution in [0.5, 0.6) is 0 Å². The van der Waals surface area contributed by atoms with Crippen molar-refractivity contribution in [1.29, 1.82) is 0 Å². The number of hydrogen-bond donors (Lipinski definition) is 0. The van der Waals surface area contributed by atoms with Crippen molar-refractivity contribution >= 4 is 125 Å². The molecule has 0 fully saturated rings. The van der Waals surface area contributed by atoms with Crippen molar-refractivity contribution in [3.05, 3.63) is 241 Å². The summed E-state index contributed by atoms with van der Waals surface area (Å²) in [4.78, 5) is 5.86. The van der Waals surface area contributed by atoms with Gasteiger partial charge in [0.2, 0.25) is 0 Å². The van der Waals surface area contributed by atoms with Crippen LogP contribution >= 0.6 is 11.3 Å². The van der Waals surface area contributed by atoms with E-state index < -0.39 is 0 Å². The number of thiophene rings is 1. The van der Waals surface area contributed by atoms with Crippen LogP contribution in [0.3, 0.4) is 0 Å². The SMILES string of the molecule is CC/C=C(/N=C(C/C(C)=C\c1cccc2oc3ccccc3c12)c1cc2ccccc2c2ccccc12)c1ccc(-c2cccc3oc4c(-c5cccc6sc7ccccc7c56)cccc4c23)c2ccccc12. The smallest absolute Gasteiger partial charge is 0.143 e. The fourth-order valence-corrected chi connectivity index (χ4v) is 12.7. The molecule has 0 saturated carbocycles. The van der Waals surface area contributed by atoms with Gasteiger partial charge in [-0.3, -0.25) is 4.99 Å². The molecule has 0 saturated heterocycles. The van der Waals surface area contributed by atoms with Gasteiger partial charge in [-0.2, -0.15) is 0 Å². The maximum atomic E-state index is 6.96. The van der Waals surface area contributed by atoms with E-state index in [1.807, 2.05) is 23.5 Å². The maximum absolute atomic E-state index is 6.96. The Morgan fingerprint density at radius 1 is 0.452 bits per heavy atom. The Balaban J connectivity index is 0.936. The average molecular weight is 954 g/mol. The van der Waals surface area contributed by atoms with E-state index in [0.717, 1.165) is 100 Å². The van der Waals surface area contributed by atoms with Crippen molar-refractivity contribution in [2.45, 2.75) is 26.7 Å². The minimum Gasteiger partial charge on any atom is -0.456 e. The lowest BCUT2D eigenvalue weighted by Crippen LogP contribution is -2.05. The zero-order valence-electron chi connectivity index (χ0n) is 40.4. The Kier molecular flexibility index (Phi) is 10.3. The molecule has 3 heterocycles. The molecular weight excluding hydrogens is 907 g/mol. The molecule has 0 amide bonds. The van der Waals surface area contributed by atoms with E-state index >= 15 is 0 Å². The highest BCUT2D eigenvalue weighted by molar-refractivity contribution is 7.26. The van der Waals surface area contributed by atoms with Gasteiger partial charge in [0.05, 0.1) is 11.4 Å². The van der Waals surface area contributed by atoms with Gasteiger partial charge in [-0.15, -0.1) is 11.3 Å². The van der Waals surface area contributed by atoms with Crippen molar-refractivity contribution in [2.75, 3.05) is 0 Å². The van der Waals surface area contributed by atoms with Gasteiger partial charge < -0.3 is 8.83 Å². The largest absolute Gasteiger partial charge is 0.456 e. The van der Waals surface area contributed by atoms with E-state index in [1.54, 1.807) is 0 Å². The first-order chi connectivity index (χ1) is 36.1. The minimum absolute atomic E-state index is 0.639. The molecule has 3 nitrogen and oxygen atoms in total. The Hall–Kier alpha value is -8.83. The number of furan rings is 2. The van der Waals surface area contributed by atoms with Crippen LogP contribution < -0.4 is 0 Å². The van der Waals surface area contributed by atoms with Crippen LogP contribution in [-0.4, -0.2) is 5.71 Å². The minimum atomic E-state index is 0.639. The van der Waals surface area contributed by atoms with Gasteiger partial charge in [-0.25, -0.2) is 0 Å². The van der Waals surface area contributed by atoms with Crippen molar-refractivity contribution in [3.8, 4) is 22.3 Å². The zero-order valence-corrected chi connectivity index (χ0v) is 41.3. The number of fused-ring (bicyclic) bond motifs is 13. The Bertz CT molecular complexity index is 4650. The molecule has 0 N–H and O–H groups in total. The van der Waals surface area contributed by atoms with Gasteiger partial charge in [0.15, 0.2) is 0 Å². The van der Waals surface area contributed by atoms with E-state index in [0.29, 0.717) is 6.42 Å². The van der Waals surface area contributed by atoms with Crippen LogP contribution in [-0.2, 0) is 0 Å². The Morgan fingerprint density at radius 3 is 1.89 bits per heavy atom. The Morgan fingerprint density at radius 2 is 1.05 bits per heavy atom. The van der Waals surface area contributed by atoms with Gasteiger partial charge in [-0.05, 0) is 104 Å². The number of rotatable bonds is 9. The van der Waals surface area contributed by atoms with Crippen LogP contribution in [0, 0.1) is 0 Å². The molecule has 0 aliphatic carbocycles. The fourth-order valence-electron chi connectivity index (χ4n) is 11.6. The summed E-state index contributed by atoms with van der Waals surface area (Å²) in [5, 5.41) is 14.2. The van der Waals surface area contributed by atoms with E-state index in [2.05, 4.69) is 226 Å². The summed E-state index contributed by atoms with van der Waals surface area (Å²) in [5.74, 6) is 0. The fraction of sp³-hybridized carbons (Fsp3) is 0.0580. The first kappa shape index (κ1) is 43.0. The maximum Gasteiger partial charge on any atom is 0.143 e. The number of allylic oxidation sites excluding steroid dienone is 2. The second kappa shape index (κ2) is 17.5. The summed E-state index contributed by atoms with van der Waals surface area (Å²) in [6.45, 7) is 4.44. The highest BCUT2D eigenvalue weighted by Crippen LogP contribution is 2.46.